The molecule has 1 rings (SSSR count). The summed E-state index contributed by atoms with van der Waals surface area (Å²) in [4.78, 5) is 0. The Bertz CT molecular complexity index is 187. The zero-order valence-corrected chi connectivity index (χ0v) is 5.44. The van der Waals surface area contributed by atoms with Gasteiger partial charge in [0.2, 0.25) is 0 Å². The number of rotatable bonds is 2. The maximum Gasteiger partial charge on any atom is 0.0741 e. The van der Waals surface area contributed by atoms with E-state index in [1.165, 1.54) is 0 Å². The van der Waals surface area contributed by atoms with E-state index in [9.17, 15) is 0 Å². The third-order valence-electron chi connectivity index (χ3n) is 0.972. The number of hydrogen-bond acceptors (Lipinski definition) is 1. The van der Waals surface area contributed by atoms with E-state index in [1.54, 1.807) is 6.20 Å². The molecule has 0 fully saturated rings. The van der Waals surface area contributed by atoms with Crippen LogP contribution in [0.4, 0.5) is 0 Å². The lowest BCUT2D eigenvalue weighted by molar-refractivity contribution is 0.986. The molecular formula is C7H9N2. The molecule has 0 bridgehead atoms. The van der Waals surface area contributed by atoms with Crippen molar-refractivity contribution in [1.82, 2.24) is 10.2 Å². The standard InChI is InChI=1S/C7H9N2/c1-6(2)5-7-3-4-8-9-7/h4H,1,5H2,2H3,(H,8,9). The second-order valence-corrected chi connectivity index (χ2v) is 2.11. The first-order valence-electron chi connectivity index (χ1n) is 2.84. The van der Waals surface area contributed by atoms with E-state index in [2.05, 4.69) is 22.8 Å². The van der Waals surface area contributed by atoms with Crippen LogP contribution in [0.2, 0.25) is 0 Å². The summed E-state index contributed by atoms with van der Waals surface area (Å²) in [6.45, 7) is 5.73. The smallest absolute Gasteiger partial charge is 0.0741 e. The lowest BCUT2D eigenvalue weighted by atomic mass is 10.2. The molecule has 0 saturated heterocycles. The van der Waals surface area contributed by atoms with Gasteiger partial charge in [0.15, 0.2) is 0 Å². The average molecular weight is 121 g/mol. The number of hydrogen-bond donors (Lipinski definition) is 1. The maximum absolute atomic E-state index is 3.92. The molecule has 0 spiro atoms. The maximum atomic E-state index is 3.92. The molecule has 1 N–H and O–H groups in total. The summed E-state index contributed by atoms with van der Waals surface area (Å²) < 4.78 is 0. The number of allylic oxidation sites excluding steroid dienone is 1. The van der Waals surface area contributed by atoms with E-state index >= 15 is 0 Å². The second kappa shape index (κ2) is 2.49. The van der Waals surface area contributed by atoms with Gasteiger partial charge in [-0.15, -0.1) is 0 Å². The molecule has 1 aromatic rings. The molecule has 0 aliphatic heterocycles. The zero-order valence-electron chi connectivity index (χ0n) is 5.44. The zero-order chi connectivity index (χ0) is 6.69. The van der Waals surface area contributed by atoms with E-state index in [1.807, 2.05) is 6.92 Å². The van der Waals surface area contributed by atoms with Crippen LogP contribution in [0.25, 0.3) is 0 Å². The van der Waals surface area contributed by atoms with E-state index < -0.39 is 0 Å². The first-order valence-corrected chi connectivity index (χ1v) is 2.84. The van der Waals surface area contributed by atoms with Crippen LogP contribution in [-0.2, 0) is 6.42 Å². The average Bonchev–Trinajstić information content (AvgIpc) is 2.15. The molecule has 47 valence electrons. The molecule has 0 atom stereocenters. The second-order valence-electron chi connectivity index (χ2n) is 2.11. The Morgan fingerprint density at radius 1 is 2.00 bits per heavy atom. The number of aromatic amines is 1. The van der Waals surface area contributed by atoms with Gasteiger partial charge in [-0.25, -0.2) is 0 Å². The molecule has 0 saturated carbocycles. The third-order valence-corrected chi connectivity index (χ3v) is 0.972. The molecule has 0 amide bonds. The van der Waals surface area contributed by atoms with Gasteiger partial charge in [0.05, 0.1) is 5.69 Å². The predicted octanol–water partition coefficient (Wildman–Crippen LogP) is 1.33. The van der Waals surface area contributed by atoms with Gasteiger partial charge in [-0.05, 0) is 6.92 Å². The number of aromatic nitrogens is 2. The van der Waals surface area contributed by atoms with Crippen molar-refractivity contribution >= 4 is 0 Å². The molecule has 1 heterocycles. The number of nitrogens with zero attached hydrogens (tertiary/aromatic N) is 1. The Kier molecular flexibility index (Phi) is 1.68. The fourth-order valence-electron chi connectivity index (χ4n) is 0.634. The van der Waals surface area contributed by atoms with Crippen LogP contribution in [0.3, 0.4) is 0 Å². The van der Waals surface area contributed by atoms with Gasteiger partial charge in [-0.1, -0.05) is 12.2 Å². The SMILES string of the molecule is C=C(C)Cc1[c]c[nH]n1. The minimum Gasteiger partial charge on any atom is -0.285 e. The highest BCUT2D eigenvalue weighted by atomic mass is 15.1. The van der Waals surface area contributed by atoms with Crippen molar-refractivity contribution < 1.29 is 0 Å². The summed E-state index contributed by atoms with van der Waals surface area (Å²) in [5.41, 5.74) is 2.04. The summed E-state index contributed by atoms with van der Waals surface area (Å²) in [7, 11) is 0. The van der Waals surface area contributed by atoms with Crippen LogP contribution in [0.1, 0.15) is 12.6 Å². The van der Waals surface area contributed by atoms with Gasteiger partial charge in [0.1, 0.15) is 0 Å². The van der Waals surface area contributed by atoms with Crippen molar-refractivity contribution in [2.24, 2.45) is 0 Å². The topological polar surface area (TPSA) is 28.7 Å². The van der Waals surface area contributed by atoms with Crippen molar-refractivity contribution in [3.63, 3.8) is 0 Å². The quantitative estimate of drug-likeness (QED) is 0.587. The van der Waals surface area contributed by atoms with E-state index in [-0.39, 0.29) is 0 Å². The summed E-state index contributed by atoms with van der Waals surface area (Å²) >= 11 is 0. The van der Waals surface area contributed by atoms with E-state index in [0.29, 0.717) is 0 Å². The Labute approximate surface area is 54.6 Å². The van der Waals surface area contributed by atoms with Crippen molar-refractivity contribution in [2.45, 2.75) is 13.3 Å². The minimum absolute atomic E-state index is 0.823. The van der Waals surface area contributed by atoms with Crippen molar-refractivity contribution in [1.29, 1.82) is 0 Å². The van der Waals surface area contributed by atoms with Crippen molar-refractivity contribution in [2.75, 3.05) is 0 Å². The van der Waals surface area contributed by atoms with Gasteiger partial charge in [-0.3, -0.25) is 5.10 Å². The molecule has 0 aromatic carbocycles. The Hall–Kier alpha value is -1.05. The summed E-state index contributed by atoms with van der Waals surface area (Å²) in [6, 6.07) is 2.94. The molecule has 9 heavy (non-hydrogen) atoms. The lowest BCUT2D eigenvalue weighted by Crippen LogP contribution is -1.84. The summed E-state index contributed by atoms with van der Waals surface area (Å²) in [5, 5.41) is 6.60. The van der Waals surface area contributed by atoms with Gasteiger partial charge < -0.3 is 0 Å². The van der Waals surface area contributed by atoms with Crippen LogP contribution >= 0.6 is 0 Å². The molecule has 0 aliphatic carbocycles. The molecule has 2 nitrogen and oxygen atoms in total. The van der Waals surface area contributed by atoms with Crippen molar-refractivity contribution in [3.05, 3.63) is 30.1 Å². The fourth-order valence-corrected chi connectivity index (χ4v) is 0.634. The first kappa shape index (κ1) is 6.08. The third kappa shape index (κ3) is 1.72. The van der Waals surface area contributed by atoms with E-state index in [0.717, 1.165) is 17.7 Å². The molecular weight excluding hydrogens is 112 g/mol. The van der Waals surface area contributed by atoms with Crippen LogP contribution < -0.4 is 0 Å². The molecule has 0 aliphatic rings. The molecule has 0 unspecified atom stereocenters. The Morgan fingerprint density at radius 3 is 3.22 bits per heavy atom. The fraction of sp³-hybridized carbons (Fsp3) is 0.286. The summed E-state index contributed by atoms with van der Waals surface area (Å²) in [5.74, 6) is 0. The highest BCUT2D eigenvalue weighted by Gasteiger charge is 1.92. The van der Waals surface area contributed by atoms with Crippen LogP contribution in [0.5, 0.6) is 0 Å². The van der Waals surface area contributed by atoms with Crippen LogP contribution in [0, 0.1) is 6.07 Å². The summed E-state index contributed by atoms with van der Waals surface area (Å²) in [6.07, 6.45) is 2.52. The van der Waals surface area contributed by atoms with Gasteiger partial charge in [0, 0.05) is 18.7 Å². The normalized spacial score (nSPS) is 9.44. The predicted molar refractivity (Wildman–Crippen MR) is 35.9 cm³/mol. The number of nitrogens with one attached hydrogen (secondary N) is 1. The van der Waals surface area contributed by atoms with Gasteiger partial charge >= 0.3 is 0 Å². The highest BCUT2D eigenvalue weighted by Crippen LogP contribution is 1.98. The lowest BCUT2D eigenvalue weighted by Gasteiger charge is -1.89. The Balaban J connectivity index is 2.58. The molecule has 1 radical (unpaired) electrons. The van der Waals surface area contributed by atoms with Crippen molar-refractivity contribution in [3.8, 4) is 0 Å². The van der Waals surface area contributed by atoms with Gasteiger partial charge in [0.25, 0.3) is 0 Å². The van der Waals surface area contributed by atoms with Crippen LogP contribution in [0.15, 0.2) is 18.3 Å². The number of H-pyrrole nitrogens is 1. The minimum atomic E-state index is 0.823. The molecule has 2 heteroatoms. The van der Waals surface area contributed by atoms with Crippen LogP contribution in [-0.4, -0.2) is 10.2 Å². The first-order chi connectivity index (χ1) is 4.29. The monoisotopic (exact) mass is 121 g/mol. The highest BCUT2D eigenvalue weighted by molar-refractivity contribution is 5.06. The Morgan fingerprint density at radius 2 is 2.78 bits per heavy atom. The molecule has 1 aromatic heterocycles. The van der Waals surface area contributed by atoms with Gasteiger partial charge in [-0.2, -0.15) is 5.10 Å². The van der Waals surface area contributed by atoms with E-state index in [4.69, 9.17) is 0 Å². The largest absolute Gasteiger partial charge is 0.285 e.